The first-order valence-electron chi connectivity index (χ1n) is 7.07. The van der Waals surface area contributed by atoms with Crippen LogP contribution in [0.5, 0.6) is 0 Å². The highest BCUT2D eigenvalue weighted by Crippen LogP contribution is 2.52. The third-order valence-electron chi connectivity index (χ3n) is 4.24. The Balaban J connectivity index is 1.77. The first kappa shape index (κ1) is 12.1. The molecule has 2 N–H and O–H groups in total. The van der Waals surface area contributed by atoms with Gasteiger partial charge in [-0.1, -0.05) is 11.6 Å². The Morgan fingerprint density at radius 1 is 1.20 bits per heavy atom. The molecule has 0 spiro atoms. The third-order valence-corrected chi connectivity index (χ3v) is 4.47. The Kier molecular flexibility index (Phi) is 2.70. The lowest BCUT2D eigenvalue weighted by Crippen LogP contribution is -2.16. The number of hydrogen-bond donors (Lipinski definition) is 1. The molecule has 0 amide bonds. The van der Waals surface area contributed by atoms with Gasteiger partial charge in [-0.25, -0.2) is 4.68 Å². The number of rotatable bonds is 4. The van der Waals surface area contributed by atoms with Gasteiger partial charge in [0.25, 0.3) is 0 Å². The highest BCUT2D eigenvalue weighted by molar-refractivity contribution is 6.31. The van der Waals surface area contributed by atoms with Gasteiger partial charge in [-0.2, -0.15) is 0 Å². The Hall–Kier alpha value is -1.62. The Morgan fingerprint density at radius 3 is 2.50 bits per heavy atom. The van der Waals surface area contributed by atoms with Gasteiger partial charge in [-0.3, -0.25) is 0 Å². The zero-order valence-corrected chi connectivity index (χ0v) is 11.8. The van der Waals surface area contributed by atoms with Crippen molar-refractivity contribution >= 4 is 17.3 Å². The van der Waals surface area contributed by atoms with Gasteiger partial charge in [0, 0.05) is 16.3 Å². The van der Waals surface area contributed by atoms with Crippen LogP contribution in [0.15, 0.2) is 18.2 Å². The number of nitrogens with zero attached hydrogens (tertiary/aromatic N) is 4. The Bertz CT molecular complexity index is 633. The van der Waals surface area contributed by atoms with Gasteiger partial charge >= 0.3 is 0 Å². The number of nitrogen functional groups attached to an aromatic ring is 1. The third kappa shape index (κ3) is 2.06. The van der Waals surface area contributed by atoms with Crippen molar-refractivity contribution in [1.29, 1.82) is 0 Å². The predicted molar refractivity (Wildman–Crippen MR) is 77.2 cm³/mol. The molecule has 0 radical (unpaired) electrons. The van der Waals surface area contributed by atoms with E-state index >= 15 is 0 Å². The van der Waals surface area contributed by atoms with Crippen LogP contribution in [0.25, 0.3) is 11.4 Å². The summed E-state index contributed by atoms with van der Waals surface area (Å²) in [6, 6.07) is 5.92. The second-order valence-electron chi connectivity index (χ2n) is 5.84. The zero-order valence-electron chi connectivity index (χ0n) is 11.0. The molecule has 2 aromatic rings. The number of hydrogen-bond acceptors (Lipinski definition) is 4. The largest absolute Gasteiger partial charge is 0.398 e. The summed E-state index contributed by atoms with van der Waals surface area (Å²) in [6.45, 7) is 0. The van der Waals surface area contributed by atoms with E-state index in [1.165, 1.54) is 25.7 Å². The maximum absolute atomic E-state index is 6.07. The van der Waals surface area contributed by atoms with E-state index < -0.39 is 0 Å². The van der Waals surface area contributed by atoms with Crippen LogP contribution < -0.4 is 5.73 Å². The fourth-order valence-electron chi connectivity index (χ4n) is 2.97. The molecule has 1 heterocycles. The van der Waals surface area contributed by atoms with Crippen molar-refractivity contribution in [3.05, 3.63) is 23.2 Å². The summed E-state index contributed by atoms with van der Waals surface area (Å²) in [5, 5.41) is 13.0. The highest BCUT2D eigenvalue weighted by Gasteiger charge is 2.44. The van der Waals surface area contributed by atoms with E-state index in [2.05, 4.69) is 15.5 Å². The first-order valence-corrected chi connectivity index (χ1v) is 7.45. The van der Waals surface area contributed by atoms with Gasteiger partial charge in [0.15, 0.2) is 5.82 Å². The molecule has 104 valence electrons. The van der Waals surface area contributed by atoms with Crippen molar-refractivity contribution in [3.8, 4) is 11.4 Å². The first-order chi connectivity index (χ1) is 9.74. The average Bonchev–Trinajstić information content (AvgIpc) is 3.31. The van der Waals surface area contributed by atoms with E-state index in [9.17, 15) is 0 Å². The molecule has 1 aromatic carbocycles. The molecule has 2 aliphatic carbocycles. The van der Waals surface area contributed by atoms with E-state index in [1.54, 1.807) is 6.07 Å². The van der Waals surface area contributed by atoms with Gasteiger partial charge in [0.05, 0.1) is 6.04 Å². The second-order valence-corrected chi connectivity index (χ2v) is 6.28. The molecule has 0 saturated heterocycles. The van der Waals surface area contributed by atoms with Crippen molar-refractivity contribution in [2.45, 2.75) is 31.7 Å². The van der Waals surface area contributed by atoms with Crippen LogP contribution >= 0.6 is 11.6 Å². The van der Waals surface area contributed by atoms with Crippen LogP contribution in [0.1, 0.15) is 31.7 Å². The molecule has 6 heteroatoms. The van der Waals surface area contributed by atoms with Crippen molar-refractivity contribution in [1.82, 2.24) is 20.2 Å². The lowest BCUT2D eigenvalue weighted by atomic mass is 10.1. The van der Waals surface area contributed by atoms with E-state index in [0.717, 1.165) is 23.2 Å². The minimum absolute atomic E-state index is 0.440. The topological polar surface area (TPSA) is 69.6 Å². The summed E-state index contributed by atoms with van der Waals surface area (Å²) >= 11 is 5.96. The smallest absolute Gasteiger partial charge is 0.184 e. The normalized spacial score (nSPS) is 18.7. The standard InChI is InChI=1S/C14H16ClN5/c15-10-5-6-11(12(16)7-10)14-17-18-19-20(14)13(8-1-2-8)9-3-4-9/h5-9,13H,1-4,16H2. The van der Waals surface area contributed by atoms with Gasteiger partial charge in [-0.05, 0) is 66.1 Å². The molecule has 2 aliphatic rings. The highest BCUT2D eigenvalue weighted by atomic mass is 35.5. The van der Waals surface area contributed by atoms with Gasteiger partial charge in [0.1, 0.15) is 0 Å². The molecular weight excluding hydrogens is 274 g/mol. The van der Waals surface area contributed by atoms with E-state index in [-0.39, 0.29) is 0 Å². The van der Waals surface area contributed by atoms with E-state index in [4.69, 9.17) is 17.3 Å². The van der Waals surface area contributed by atoms with Crippen molar-refractivity contribution in [3.63, 3.8) is 0 Å². The molecule has 20 heavy (non-hydrogen) atoms. The molecule has 0 bridgehead atoms. The molecule has 2 fully saturated rings. The monoisotopic (exact) mass is 289 g/mol. The summed E-state index contributed by atoms with van der Waals surface area (Å²) in [6.07, 6.45) is 5.15. The molecule has 2 saturated carbocycles. The van der Waals surface area contributed by atoms with Crippen LogP contribution in [-0.4, -0.2) is 20.2 Å². The summed E-state index contributed by atoms with van der Waals surface area (Å²) in [7, 11) is 0. The van der Waals surface area contributed by atoms with Gasteiger partial charge in [-0.15, -0.1) is 5.10 Å². The van der Waals surface area contributed by atoms with Crippen LogP contribution in [0.2, 0.25) is 5.02 Å². The number of halogens is 1. The van der Waals surface area contributed by atoms with Crippen molar-refractivity contribution in [2.24, 2.45) is 11.8 Å². The predicted octanol–water partition coefficient (Wildman–Crippen LogP) is 2.94. The van der Waals surface area contributed by atoms with E-state index in [1.807, 2.05) is 16.8 Å². The summed E-state index contributed by atoms with van der Waals surface area (Å²) in [5.41, 5.74) is 7.56. The fourth-order valence-corrected chi connectivity index (χ4v) is 3.15. The second kappa shape index (κ2) is 4.45. The minimum atomic E-state index is 0.440. The average molecular weight is 290 g/mol. The zero-order chi connectivity index (χ0) is 13.7. The molecule has 5 nitrogen and oxygen atoms in total. The van der Waals surface area contributed by atoms with Crippen LogP contribution in [0.4, 0.5) is 5.69 Å². The van der Waals surface area contributed by atoms with Crippen LogP contribution in [-0.2, 0) is 0 Å². The van der Waals surface area contributed by atoms with Crippen molar-refractivity contribution < 1.29 is 0 Å². The fraction of sp³-hybridized carbons (Fsp3) is 0.500. The SMILES string of the molecule is Nc1cc(Cl)ccc1-c1nnnn1C(C1CC1)C1CC1. The Morgan fingerprint density at radius 2 is 1.90 bits per heavy atom. The molecule has 0 atom stereocenters. The molecule has 1 aromatic heterocycles. The number of benzene rings is 1. The molecule has 0 unspecified atom stereocenters. The Labute approximate surface area is 122 Å². The lowest BCUT2D eigenvalue weighted by molar-refractivity contribution is 0.357. The van der Waals surface area contributed by atoms with E-state index in [0.29, 0.717) is 16.8 Å². The van der Waals surface area contributed by atoms with Crippen LogP contribution in [0, 0.1) is 11.8 Å². The quantitative estimate of drug-likeness (QED) is 0.879. The molecule has 0 aliphatic heterocycles. The summed E-state index contributed by atoms with van der Waals surface area (Å²) in [5.74, 6) is 2.24. The maximum Gasteiger partial charge on any atom is 0.184 e. The van der Waals surface area contributed by atoms with Gasteiger partial charge in [0.2, 0.25) is 0 Å². The molecule has 4 rings (SSSR count). The maximum atomic E-state index is 6.07. The lowest BCUT2D eigenvalue weighted by Gasteiger charge is -2.17. The summed E-state index contributed by atoms with van der Waals surface area (Å²) in [4.78, 5) is 0. The number of anilines is 1. The number of nitrogens with two attached hydrogens (primary N) is 1. The summed E-state index contributed by atoms with van der Waals surface area (Å²) < 4.78 is 1.99. The minimum Gasteiger partial charge on any atom is -0.398 e. The van der Waals surface area contributed by atoms with Gasteiger partial charge < -0.3 is 5.73 Å². The number of tetrazole rings is 1. The van der Waals surface area contributed by atoms with Crippen molar-refractivity contribution in [2.75, 3.05) is 5.73 Å². The van der Waals surface area contributed by atoms with Crippen LogP contribution in [0.3, 0.4) is 0 Å². The molecular formula is C14H16ClN5. The number of aromatic nitrogens is 4.